The van der Waals surface area contributed by atoms with Gasteiger partial charge in [0.15, 0.2) is 11.6 Å². The van der Waals surface area contributed by atoms with Crippen molar-refractivity contribution >= 4 is 23.2 Å². The number of methoxy groups -OCH3 is 1. The zero-order chi connectivity index (χ0) is 24.8. The summed E-state index contributed by atoms with van der Waals surface area (Å²) < 4.78 is 39.3. The molecule has 1 aliphatic rings. The van der Waals surface area contributed by atoms with Gasteiger partial charge in [-0.15, -0.1) is 11.3 Å². The van der Waals surface area contributed by atoms with Crippen molar-refractivity contribution in [3.63, 3.8) is 0 Å². The second kappa shape index (κ2) is 11.4. The van der Waals surface area contributed by atoms with Gasteiger partial charge >= 0.3 is 0 Å². The van der Waals surface area contributed by atoms with E-state index in [0.29, 0.717) is 13.0 Å². The minimum atomic E-state index is -0.649. The van der Waals surface area contributed by atoms with Gasteiger partial charge in [-0.05, 0) is 47.7 Å². The smallest absolute Gasteiger partial charge is 0.257 e. The van der Waals surface area contributed by atoms with Crippen molar-refractivity contribution in [2.24, 2.45) is 0 Å². The van der Waals surface area contributed by atoms with Gasteiger partial charge in [0, 0.05) is 25.1 Å². The maximum Gasteiger partial charge on any atom is 0.257 e. The standard InChI is InChI=1S/C26H26F2N2O4S/c1-33-14-13-29(26(32)18-6-2-3-7-20(18)27)16-25(31)30-12-10-24-19(11-15-35-24)22(30)17-34-23-9-5-4-8-21(23)28/h2-9,11,15,22H,10,12-14,16-17H2,1H3/t22-/m0/s1. The van der Waals surface area contributed by atoms with E-state index in [1.54, 1.807) is 40.5 Å². The molecule has 1 aromatic heterocycles. The van der Waals surface area contributed by atoms with E-state index in [1.165, 1.54) is 36.3 Å². The summed E-state index contributed by atoms with van der Waals surface area (Å²) in [5.41, 5.74) is 0.851. The molecule has 0 radical (unpaired) electrons. The number of carbonyl (C=O) groups is 2. The largest absolute Gasteiger partial charge is 0.488 e. The second-order valence-corrected chi connectivity index (χ2v) is 9.09. The Labute approximate surface area is 206 Å². The second-order valence-electron chi connectivity index (χ2n) is 8.09. The molecule has 4 rings (SSSR count). The molecule has 0 saturated heterocycles. The van der Waals surface area contributed by atoms with E-state index in [-0.39, 0.29) is 43.5 Å². The Morgan fingerprint density at radius 3 is 2.57 bits per heavy atom. The Balaban J connectivity index is 1.54. The number of amides is 2. The van der Waals surface area contributed by atoms with E-state index in [0.717, 1.165) is 10.4 Å². The molecule has 9 heteroatoms. The molecule has 0 saturated carbocycles. The predicted molar refractivity (Wildman–Crippen MR) is 129 cm³/mol. The van der Waals surface area contributed by atoms with E-state index in [4.69, 9.17) is 9.47 Å². The fraction of sp³-hybridized carbons (Fsp3) is 0.308. The van der Waals surface area contributed by atoms with Crippen molar-refractivity contribution in [2.75, 3.05) is 40.0 Å². The molecule has 0 aliphatic carbocycles. The van der Waals surface area contributed by atoms with Gasteiger partial charge in [-0.25, -0.2) is 8.78 Å². The first-order chi connectivity index (χ1) is 17.0. The van der Waals surface area contributed by atoms with Crippen LogP contribution in [0.2, 0.25) is 0 Å². The zero-order valence-electron chi connectivity index (χ0n) is 19.3. The molecule has 6 nitrogen and oxygen atoms in total. The summed E-state index contributed by atoms with van der Waals surface area (Å²) in [7, 11) is 1.49. The summed E-state index contributed by atoms with van der Waals surface area (Å²) in [4.78, 5) is 30.7. The lowest BCUT2D eigenvalue weighted by atomic mass is 10.0. The van der Waals surface area contributed by atoms with Crippen LogP contribution in [0.5, 0.6) is 5.75 Å². The molecule has 35 heavy (non-hydrogen) atoms. The molecule has 2 heterocycles. The van der Waals surface area contributed by atoms with E-state index >= 15 is 0 Å². The van der Waals surface area contributed by atoms with Crippen molar-refractivity contribution < 1.29 is 27.8 Å². The molecule has 1 atom stereocenters. The van der Waals surface area contributed by atoms with Crippen LogP contribution in [-0.2, 0) is 16.0 Å². The maximum absolute atomic E-state index is 14.3. The highest BCUT2D eigenvalue weighted by Crippen LogP contribution is 2.34. The first-order valence-electron chi connectivity index (χ1n) is 11.3. The fourth-order valence-electron chi connectivity index (χ4n) is 4.12. The first kappa shape index (κ1) is 24.8. The quantitative estimate of drug-likeness (QED) is 0.439. The highest BCUT2D eigenvalue weighted by Gasteiger charge is 2.34. The Hall–Kier alpha value is -3.30. The van der Waals surface area contributed by atoms with Crippen LogP contribution in [0.15, 0.2) is 60.0 Å². The number of para-hydroxylation sites is 1. The number of nitrogens with zero attached hydrogens (tertiary/aromatic N) is 2. The van der Waals surface area contributed by atoms with Gasteiger partial charge in [0.1, 0.15) is 19.0 Å². The minimum Gasteiger partial charge on any atom is -0.488 e. The Morgan fingerprint density at radius 2 is 1.83 bits per heavy atom. The van der Waals surface area contributed by atoms with E-state index in [2.05, 4.69) is 0 Å². The van der Waals surface area contributed by atoms with Crippen LogP contribution in [0, 0.1) is 11.6 Å². The third-order valence-electron chi connectivity index (χ3n) is 5.93. The average molecular weight is 501 g/mol. The van der Waals surface area contributed by atoms with Crippen molar-refractivity contribution in [1.29, 1.82) is 0 Å². The van der Waals surface area contributed by atoms with Crippen LogP contribution in [0.4, 0.5) is 8.78 Å². The van der Waals surface area contributed by atoms with Gasteiger partial charge in [0.2, 0.25) is 5.91 Å². The molecule has 184 valence electrons. The highest BCUT2D eigenvalue weighted by molar-refractivity contribution is 7.10. The Bertz CT molecular complexity index is 1190. The lowest BCUT2D eigenvalue weighted by Gasteiger charge is -2.37. The van der Waals surface area contributed by atoms with Crippen LogP contribution < -0.4 is 4.74 Å². The Kier molecular flexibility index (Phi) is 8.09. The summed E-state index contributed by atoms with van der Waals surface area (Å²) in [5, 5.41) is 1.96. The minimum absolute atomic E-state index is 0.0652. The summed E-state index contributed by atoms with van der Waals surface area (Å²) in [5.74, 6) is -1.90. The highest BCUT2D eigenvalue weighted by atomic mass is 32.1. The van der Waals surface area contributed by atoms with Gasteiger partial charge in [-0.2, -0.15) is 0 Å². The number of ether oxygens (including phenoxy) is 2. The molecule has 0 spiro atoms. The number of benzene rings is 2. The van der Waals surface area contributed by atoms with Crippen LogP contribution in [-0.4, -0.2) is 61.6 Å². The first-order valence-corrected chi connectivity index (χ1v) is 12.1. The van der Waals surface area contributed by atoms with Crippen LogP contribution in [0.3, 0.4) is 0 Å². The molecular formula is C26H26F2N2O4S. The number of fused-ring (bicyclic) bond motifs is 1. The van der Waals surface area contributed by atoms with Gasteiger partial charge in [-0.3, -0.25) is 9.59 Å². The van der Waals surface area contributed by atoms with E-state index in [9.17, 15) is 18.4 Å². The molecule has 0 N–H and O–H groups in total. The molecule has 2 aromatic carbocycles. The lowest BCUT2D eigenvalue weighted by molar-refractivity contribution is -0.135. The lowest BCUT2D eigenvalue weighted by Crippen LogP contribution is -2.48. The Morgan fingerprint density at radius 1 is 1.09 bits per heavy atom. The zero-order valence-corrected chi connectivity index (χ0v) is 20.1. The van der Waals surface area contributed by atoms with Gasteiger partial charge in [-0.1, -0.05) is 24.3 Å². The van der Waals surface area contributed by atoms with Crippen molar-refractivity contribution in [3.8, 4) is 5.75 Å². The SMILES string of the molecule is COCCN(CC(=O)N1CCc2sccc2[C@@H]1COc1ccccc1F)C(=O)c1ccccc1F. The number of halogens is 2. The van der Waals surface area contributed by atoms with Gasteiger partial charge in [0.25, 0.3) is 5.91 Å². The van der Waals surface area contributed by atoms with Gasteiger partial charge < -0.3 is 19.3 Å². The molecule has 3 aromatic rings. The van der Waals surface area contributed by atoms with Crippen molar-refractivity contribution in [2.45, 2.75) is 12.5 Å². The number of rotatable bonds is 9. The number of thiophene rings is 1. The number of carbonyl (C=O) groups excluding carboxylic acids is 2. The summed E-state index contributed by atoms with van der Waals surface area (Å²) in [6, 6.07) is 13.3. The monoisotopic (exact) mass is 500 g/mol. The summed E-state index contributed by atoms with van der Waals surface area (Å²) >= 11 is 1.61. The summed E-state index contributed by atoms with van der Waals surface area (Å²) in [6.07, 6.45) is 0.675. The van der Waals surface area contributed by atoms with E-state index in [1.807, 2.05) is 11.4 Å². The normalized spacial score (nSPS) is 14.9. The van der Waals surface area contributed by atoms with Crippen molar-refractivity contribution in [1.82, 2.24) is 9.80 Å². The fourth-order valence-corrected chi connectivity index (χ4v) is 5.05. The third kappa shape index (κ3) is 5.68. The maximum atomic E-state index is 14.3. The third-order valence-corrected chi connectivity index (χ3v) is 6.93. The van der Waals surface area contributed by atoms with Crippen LogP contribution >= 0.6 is 11.3 Å². The van der Waals surface area contributed by atoms with E-state index < -0.39 is 23.6 Å². The number of hydrogen-bond acceptors (Lipinski definition) is 5. The summed E-state index contributed by atoms with van der Waals surface area (Å²) in [6.45, 7) is 0.580. The molecule has 0 unspecified atom stereocenters. The molecular weight excluding hydrogens is 474 g/mol. The number of hydrogen-bond donors (Lipinski definition) is 0. The molecule has 1 aliphatic heterocycles. The average Bonchev–Trinajstić information content (AvgIpc) is 3.35. The van der Waals surface area contributed by atoms with Crippen molar-refractivity contribution in [3.05, 3.63) is 87.6 Å². The molecule has 2 amide bonds. The van der Waals surface area contributed by atoms with Crippen LogP contribution in [0.25, 0.3) is 0 Å². The molecule has 0 bridgehead atoms. The molecule has 0 fully saturated rings. The van der Waals surface area contributed by atoms with Gasteiger partial charge in [0.05, 0.1) is 18.2 Å². The predicted octanol–water partition coefficient (Wildman–Crippen LogP) is 4.32. The van der Waals surface area contributed by atoms with Crippen LogP contribution in [0.1, 0.15) is 26.8 Å². The topological polar surface area (TPSA) is 59.1 Å².